The molecular weight excluding hydrogens is 264 g/mol. The van der Waals surface area contributed by atoms with E-state index >= 15 is 0 Å². The average Bonchev–Trinajstić information content (AvgIpc) is 2.55. The fraction of sp³-hybridized carbons (Fsp3) is 0.235. The van der Waals surface area contributed by atoms with E-state index in [2.05, 4.69) is 22.8 Å². The smallest absolute Gasteiger partial charge is 0.251 e. The minimum absolute atomic E-state index is 0.0713. The van der Waals surface area contributed by atoms with Crippen molar-refractivity contribution >= 4 is 11.6 Å². The normalized spacial score (nSPS) is 11.7. The van der Waals surface area contributed by atoms with Gasteiger partial charge < -0.3 is 15.4 Å². The third kappa shape index (κ3) is 4.07. The number of ether oxygens (including phenoxy) is 1. The number of methoxy groups -OCH3 is 1. The number of carbonyl (C=O) groups is 1. The van der Waals surface area contributed by atoms with Gasteiger partial charge in [0.1, 0.15) is 0 Å². The van der Waals surface area contributed by atoms with E-state index < -0.39 is 0 Å². The third-order valence-corrected chi connectivity index (χ3v) is 3.25. The molecule has 4 nitrogen and oxygen atoms in total. The van der Waals surface area contributed by atoms with E-state index in [9.17, 15) is 4.79 Å². The number of amides is 1. The highest BCUT2D eigenvalue weighted by atomic mass is 16.5. The molecule has 21 heavy (non-hydrogen) atoms. The molecule has 2 aromatic rings. The van der Waals surface area contributed by atoms with Gasteiger partial charge in [0, 0.05) is 25.4 Å². The molecule has 0 aliphatic heterocycles. The molecule has 0 radical (unpaired) electrons. The molecule has 0 aromatic heterocycles. The van der Waals surface area contributed by atoms with Crippen LogP contribution in [0.4, 0.5) is 5.69 Å². The number of hydrogen-bond donors (Lipinski definition) is 2. The van der Waals surface area contributed by atoms with Crippen molar-refractivity contribution in [2.45, 2.75) is 6.04 Å². The number of benzene rings is 2. The zero-order chi connectivity index (χ0) is 15.1. The Morgan fingerprint density at radius 3 is 2.33 bits per heavy atom. The van der Waals surface area contributed by atoms with Crippen LogP contribution in [0.2, 0.25) is 0 Å². The van der Waals surface area contributed by atoms with Crippen LogP contribution in [0.15, 0.2) is 54.6 Å². The molecule has 0 saturated heterocycles. The summed E-state index contributed by atoms with van der Waals surface area (Å²) in [5.41, 5.74) is 2.76. The second-order valence-electron chi connectivity index (χ2n) is 4.72. The van der Waals surface area contributed by atoms with Gasteiger partial charge >= 0.3 is 0 Å². The van der Waals surface area contributed by atoms with Gasteiger partial charge in [-0.05, 0) is 29.8 Å². The van der Waals surface area contributed by atoms with Crippen LogP contribution in [0.25, 0.3) is 0 Å². The molecule has 0 saturated carbocycles. The molecular formula is C17H20N2O2. The van der Waals surface area contributed by atoms with Crippen molar-refractivity contribution in [2.75, 3.05) is 26.1 Å². The Bertz CT molecular complexity index is 567. The molecule has 0 spiro atoms. The highest BCUT2D eigenvalue weighted by Gasteiger charge is 2.11. The van der Waals surface area contributed by atoms with Crippen LogP contribution in [-0.2, 0) is 4.74 Å². The van der Waals surface area contributed by atoms with Gasteiger partial charge in [-0.2, -0.15) is 0 Å². The highest BCUT2D eigenvalue weighted by molar-refractivity contribution is 5.94. The summed E-state index contributed by atoms with van der Waals surface area (Å²) in [5, 5.41) is 6.03. The van der Waals surface area contributed by atoms with Crippen LogP contribution in [0.1, 0.15) is 22.0 Å². The van der Waals surface area contributed by atoms with Gasteiger partial charge in [0.15, 0.2) is 0 Å². The van der Waals surface area contributed by atoms with Gasteiger partial charge in [-0.25, -0.2) is 0 Å². The summed E-state index contributed by atoms with van der Waals surface area (Å²) in [6.07, 6.45) is 0. The maximum Gasteiger partial charge on any atom is 0.251 e. The average molecular weight is 284 g/mol. The zero-order valence-corrected chi connectivity index (χ0v) is 12.3. The Labute approximate surface area is 125 Å². The van der Waals surface area contributed by atoms with Crippen molar-refractivity contribution < 1.29 is 9.53 Å². The summed E-state index contributed by atoms with van der Waals surface area (Å²) in [6.45, 7) is 0.571. The molecule has 0 heterocycles. The fourth-order valence-corrected chi connectivity index (χ4v) is 2.14. The van der Waals surface area contributed by atoms with E-state index in [4.69, 9.17) is 4.74 Å². The standard InChI is InChI=1S/C17H20N2O2/c1-18-17(20)14-8-10-15(11-9-14)19-16(12-21-2)13-6-4-3-5-7-13/h3-11,16,19H,12H2,1-2H3,(H,18,20). The van der Waals surface area contributed by atoms with Gasteiger partial charge in [-0.15, -0.1) is 0 Å². The topological polar surface area (TPSA) is 50.4 Å². The minimum Gasteiger partial charge on any atom is -0.382 e. The molecule has 2 aromatic carbocycles. The lowest BCUT2D eigenvalue weighted by atomic mass is 10.1. The van der Waals surface area contributed by atoms with Crippen LogP contribution >= 0.6 is 0 Å². The van der Waals surface area contributed by atoms with Crippen molar-refractivity contribution in [3.63, 3.8) is 0 Å². The number of anilines is 1. The van der Waals surface area contributed by atoms with Crippen molar-refractivity contribution in [2.24, 2.45) is 0 Å². The maximum atomic E-state index is 11.5. The molecule has 0 aliphatic rings. The fourth-order valence-electron chi connectivity index (χ4n) is 2.14. The van der Waals surface area contributed by atoms with E-state index in [1.165, 1.54) is 0 Å². The summed E-state index contributed by atoms with van der Waals surface area (Å²) in [6, 6.07) is 17.6. The van der Waals surface area contributed by atoms with Gasteiger partial charge in [-0.3, -0.25) is 4.79 Å². The van der Waals surface area contributed by atoms with Crippen molar-refractivity contribution in [3.8, 4) is 0 Å². The Morgan fingerprint density at radius 2 is 1.76 bits per heavy atom. The van der Waals surface area contributed by atoms with Crippen LogP contribution in [0, 0.1) is 0 Å². The Morgan fingerprint density at radius 1 is 1.10 bits per heavy atom. The molecule has 1 amide bonds. The molecule has 1 unspecified atom stereocenters. The summed E-state index contributed by atoms with van der Waals surface area (Å²) >= 11 is 0. The monoisotopic (exact) mass is 284 g/mol. The summed E-state index contributed by atoms with van der Waals surface area (Å²) in [5.74, 6) is -0.0851. The Kier molecular flexibility index (Phi) is 5.35. The number of carbonyl (C=O) groups excluding carboxylic acids is 1. The van der Waals surface area contributed by atoms with Crippen LogP contribution in [0.3, 0.4) is 0 Å². The van der Waals surface area contributed by atoms with Crippen molar-refractivity contribution in [3.05, 3.63) is 65.7 Å². The van der Waals surface area contributed by atoms with Crippen molar-refractivity contribution in [1.82, 2.24) is 5.32 Å². The van der Waals surface area contributed by atoms with E-state index in [1.807, 2.05) is 30.3 Å². The second-order valence-corrected chi connectivity index (χ2v) is 4.72. The predicted octanol–water partition coefficient (Wildman–Crippen LogP) is 2.85. The van der Waals surface area contributed by atoms with E-state index in [-0.39, 0.29) is 11.9 Å². The molecule has 0 bridgehead atoms. The first-order valence-electron chi connectivity index (χ1n) is 6.87. The summed E-state index contributed by atoms with van der Waals surface area (Å²) in [7, 11) is 3.31. The quantitative estimate of drug-likeness (QED) is 0.857. The highest BCUT2D eigenvalue weighted by Crippen LogP contribution is 2.20. The molecule has 2 rings (SSSR count). The number of hydrogen-bond acceptors (Lipinski definition) is 3. The van der Waals surface area contributed by atoms with Gasteiger partial charge in [0.2, 0.25) is 0 Å². The molecule has 110 valence electrons. The Hall–Kier alpha value is -2.33. The maximum absolute atomic E-state index is 11.5. The van der Waals surface area contributed by atoms with Crippen molar-refractivity contribution in [1.29, 1.82) is 0 Å². The van der Waals surface area contributed by atoms with Gasteiger partial charge in [0.05, 0.1) is 12.6 Å². The SMILES string of the molecule is CNC(=O)c1ccc(NC(COC)c2ccccc2)cc1. The second kappa shape index (κ2) is 7.45. The van der Waals surface area contributed by atoms with Crippen LogP contribution in [0.5, 0.6) is 0 Å². The molecule has 2 N–H and O–H groups in total. The first-order valence-corrected chi connectivity index (χ1v) is 6.87. The number of nitrogens with one attached hydrogen (secondary N) is 2. The van der Waals surface area contributed by atoms with Gasteiger partial charge in [-0.1, -0.05) is 30.3 Å². The predicted molar refractivity (Wildman–Crippen MR) is 84.5 cm³/mol. The first-order chi connectivity index (χ1) is 10.2. The molecule has 4 heteroatoms. The lowest BCUT2D eigenvalue weighted by Gasteiger charge is -2.19. The lowest BCUT2D eigenvalue weighted by molar-refractivity contribution is 0.0963. The van der Waals surface area contributed by atoms with E-state index in [0.29, 0.717) is 12.2 Å². The van der Waals surface area contributed by atoms with Crippen LogP contribution in [-0.4, -0.2) is 26.7 Å². The minimum atomic E-state index is -0.0851. The zero-order valence-electron chi connectivity index (χ0n) is 12.3. The van der Waals surface area contributed by atoms with E-state index in [0.717, 1.165) is 11.3 Å². The summed E-state index contributed by atoms with van der Waals surface area (Å²) in [4.78, 5) is 11.5. The third-order valence-electron chi connectivity index (χ3n) is 3.25. The molecule has 0 aliphatic carbocycles. The number of rotatable bonds is 6. The first kappa shape index (κ1) is 15.1. The largest absolute Gasteiger partial charge is 0.382 e. The molecule has 0 fully saturated rings. The van der Waals surface area contributed by atoms with E-state index in [1.54, 1.807) is 26.3 Å². The van der Waals surface area contributed by atoms with Gasteiger partial charge in [0.25, 0.3) is 5.91 Å². The summed E-state index contributed by atoms with van der Waals surface area (Å²) < 4.78 is 5.28. The lowest BCUT2D eigenvalue weighted by Crippen LogP contribution is -2.18. The Balaban J connectivity index is 2.12. The van der Waals surface area contributed by atoms with Crippen LogP contribution < -0.4 is 10.6 Å². The molecule has 1 atom stereocenters.